The summed E-state index contributed by atoms with van der Waals surface area (Å²) in [6.07, 6.45) is 1.53. The predicted molar refractivity (Wildman–Crippen MR) is 88.0 cm³/mol. The van der Waals surface area contributed by atoms with Gasteiger partial charge in [0.05, 0.1) is 12.0 Å². The minimum Gasteiger partial charge on any atom is -0.454 e. The molecule has 0 bridgehead atoms. The first-order valence-corrected chi connectivity index (χ1v) is 8.63. The van der Waals surface area contributed by atoms with Crippen LogP contribution in [0.5, 0.6) is 11.5 Å². The number of benzene rings is 1. The van der Waals surface area contributed by atoms with Crippen molar-refractivity contribution < 1.29 is 23.8 Å². The molecule has 0 radical (unpaired) electrons. The third-order valence-corrected chi connectivity index (χ3v) is 5.64. The SMILES string of the molecule is NC(=O)[C@]12CCOC[C@H]1CN(C(=O)CCc1cccc3c1OCO3)C2. The van der Waals surface area contributed by atoms with E-state index in [2.05, 4.69) is 0 Å². The van der Waals surface area contributed by atoms with Crippen molar-refractivity contribution >= 4 is 11.8 Å². The monoisotopic (exact) mass is 346 g/mol. The number of likely N-dealkylation sites (tertiary alicyclic amines) is 1. The molecule has 0 aliphatic carbocycles. The molecule has 3 heterocycles. The Morgan fingerprint density at radius 2 is 2.20 bits per heavy atom. The minimum atomic E-state index is -0.626. The lowest BCUT2D eigenvalue weighted by atomic mass is 9.74. The number of ether oxygens (including phenoxy) is 3. The molecule has 25 heavy (non-hydrogen) atoms. The Morgan fingerprint density at radius 3 is 3.00 bits per heavy atom. The van der Waals surface area contributed by atoms with Crippen LogP contribution in [0.4, 0.5) is 0 Å². The number of carbonyl (C=O) groups is 2. The highest BCUT2D eigenvalue weighted by Crippen LogP contribution is 2.42. The maximum absolute atomic E-state index is 12.7. The van der Waals surface area contributed by atoms with Gasteiger partial charge in [-0.05, 0) is 24.5 Å². The van der Waals surface area contributed by atoms with Crippen LogP contribution < -0.4 is 15.2 Å². The third kappa shape index (κ3) is 2.72. The van der Waals surface area contributed by atoms with Gasteiger partial charge in [0, 0.05) is 32.0 Å². The van der Waals surface area contributed by atoms with Crippen LogP contribution in [0.3, 0.4) is 0 Å². The van der Waals surface area contributed by atoms with E-state index in [-0.39, 0.29) is 24.5 Å². The fourth-order valence-corrected chi connectivity index (χ4v) is 4.13. The van der Waals surface area contributed by atoms with Crippen molar-refractivity contribution in [2.45, 2.75) is 19.3 Å². The molecule has 3 aliphatic heterocycles. The van der Waals surface area contributed by atoms with E-state index in [0.29, 0.717) is 45.6 Å². The lowest BCUT2D eigenvalue weighted by molar-refractivity contribution is -0.136. The zero-order valence-electron chi connectivity index (χ0n) is 14.0. The quantitative estimate of drug-likeness (QED) is 0.866. The van der Waals surface area contributed by atoms with Crippen molar-refractivity contribution in [1.82, 2.24) is 4.90 Å². The third-order valence-electron chi connectivity index (χ3n) is 5.64. The fraction of sp³-hybridized carbons (Fsp3) is 0.556. The first-order valence-electron chi connectivity index (χ1n) is 8.63. The van der Waals surface area contributed by atoms with Gasteiger partial charge in [-0.2, -0.15) is 0 Å². The van der Waals surface area contributed by atoms with Crippen LogP contribution in [0.25, 0.3) is 0 Å². The van der Waals surface area contributed by atoms with Crippen molar-refractivity contribution in [2.24, 2.45) is 17.1 Å². The molecule has 7 nitrogen and oxygen atoms in total. The van der Waals surface area contributed by atoms with Gasteiger partial charge in [0.15, 0.2) is 11.5 Å². The van der Waals surface area contributed by atoms with E-state index in [0.717, 1.165) is 17.1 Å². The number of primary amides is 1. The summed E-state index contributed by atoms with van der Waals surface area (Å²) in [5, 5.41) is 0. The number of aryl methyl sites for hydroxylation is 1. The van der Waals surface area contributed by atoms with Crippen molar-refractivity contribution in [1.29, 1.82) is 0 Å². The highest BCUT2D eigenvalue weighted by Gasteiger charge is 2.53. The summed E-state index contributed by atoms with van der Waals surface area (Å²) in [7, 11) is 0. The summed E-state index contributed by atoms with van der Waals surface area (Å²) in [6, 6.07) is 5.70. The summed E-state index contributed by atoms with van der Waals surface area (Å²) in [6.45, 7) is 2.17. The summed E-state index contributed by atoms with van der Waals surface area (Å²) >= 11 is 0. The summed E-state index contributed by atoms with van der Waals surface area (Å²) in [5.74, 6) is 1.17. The molecule has 134 valence electrons. The summed E-state index contributed by atoms with van der Waals surface area (Å²) in [4.78, 5) is 26.5. The first kappa shape index (κ1) is 16.2. The number of hydrogen-bond acceptors (Lipinski definition) is 5. The molecule has 3 aliphatic rings. The molecule has 2 fully saturated rings. The molecule has 2 amide bonds. The van der Waals surface area contributed by atoms with Gasteiger partial charge in [0.2, 0.25) is 18.6 Å². The van der Waals surface area contributed by atoms with Crippen LogP contribution in [0.1, 0.15) is 18.4 Å². The van der Waals surface area contributed by atoms with Crippen LogP contribution >= 0.6 is 0 Å². The second kappa shape index (κ2) is 6.22. The Balaban J connectivity index is 1.42. The molecule has 2 saturated heterocycles. The Bertz CT molecular complexity index is 707. The predicted octanol–water partition coefficient (Wildman–Crippen LogP) is 0.698. The van der Waals surface area contributed by atoms with E-state index in [1.165, 1.54) is 0 Å². The smallest absolute Gasteiger partial charge is 0.231 e. The van der Waals surface area contributed by atoms with Crippen molar-refractivity contribution in [3.05, 3.63) is 23.8 Å². The normalized spacial score (nSPS) is 27.2. The van der Waals surface area contributed by atoms with Crippen LogP contribution in [-0.4, -0.2) is 49.8 Å². The first-order chi connectivity index (χ1) is 12.1. The Morgan fingerprint density at radius 1 is 1.32 bits per heavy atom. The van der Waals surface area contributed by atoms with Gasteiger partial charge in [-0.1, -0.05) is 12.1 Å². The molecule has 1 aromatic rings. The van der Waals surface area contributed by atoms with E-state index < -0.39 is 5.41 Å². The molecular formula is C18H22N2O5. The number of nitrogens with two attached hydrogens (primary N) is 1. The second-order valence-electron chi connectivity index (χ2n) is 6.97. The van der Waals surface area contributed by atoms with Crippen LogP contribution in [0.2, 0.25) is 0 Å². The van der Waals surface area contributed by atoms with Crippen LogP contribution in [0.15, 0.2) is 18.2 Å². The molecule has 7 heteroatoms. The maximum atomic E-state index is 12.7. The van der Waals surface area contributed by atoms with Crippen LogP contribution in [-0.2, 0) is 20.7 Å². The van der Waals surface area contributed by atoms with E-state index in [4.69, 9.17) is 19.9 Å². The molecular weight excluding hydrogens is 324 g/mol. The second-order valence-corrected chi connectivity index (χ2v) is 6.97. The van der Waals surface area contributed by atoms with Crippen LogP contribution in [0, 0.1) is 11.3 Å². The maximum Gasteiger partial charge on any atom is 0.231 e. The van der Waals surface area contributed by atoms with E-state index in [1.807, 2.05) is 18.2 Å². The fourth-order valence-electron chi connectivity index (χ4n) is 4.13. The van der Waals surface area contributed by atoms with Gasteiger partial charge in [-0.15, -0.1) is 0 Å². The molecule has 2 N–H and O–H groups in total. The summed E-state index contributed by atoms with van der Waals surface area (Å²) < 4.78 is 16.3. The number of carbonyl (C=O) groups excluding carboxylic acids is 2. The molecule has 4 rings (SSSR count). The number of amides is 2. The van der Waals surface area contributed by atoms with Crippen molar-refractivity contribution in [3.63, 3.8) is 0 Å². The Kier molecular flexibility index (Phi) is 4.03. The van der Waals surface area contributed by atoms with Gasteiger partial charge in [0.25, 0.3) is 0 Å². The molecule has 2 atom stereocenters. The Hall–Kier alpha value is -2.28. The minimum absolute atomic E-state index is 0.000376. The van der Waals surface area contributed by atoms with Gasteiger partial charge in [0.1, 0.15) is 0 Å². The number of hydrogen-bond donors (Lipinski definition) is 1. The van der Waals surface area contributed by atoms with E-state index >= 15 is 0 Å². The van der Waals surface area contributed by atoms with Gasteiger partial charge in [-0.25, -0.2) is 0 Å². The average molecular weight is 346 g/mol. The number of rotatable bonds is 4. The van der Waals surface area contributed by atoms with Gasteiger partial charge < -0.3 is 24.8 Å². The molecule has 0 unspecified atom stereocenters. The lowest BCUT2D eigenvalue weighted by Crippen LogP contribution is -2.48. The van der Waals surface area contributed by atoms with Gasteiger partial charge in [-0.3, -0.25) is 9.59 Å². The molecule has 0 aromatic heterocycles. The number of fused-ring (bicyclic) bond motifs is 2. The molecule has 1 aromatic carbocycles. The highest BCUT2D eigenvalue weighted by atomic mass is 16.7. The summed E-state index contributed by atoms with van der Waals surface area (Å²) in [5.41, 5.74) is 6.01. The standard InChI is InChI=1S/C18H22N2O5/c19-17(22)18-6-7-23-9-13(18)8-20(10-18)15(21)5-4-12-2-1-3-14-16(12)25-11-24-14/h1-3,13H,4-11H2,(H2,19,22)/t13-,18+/m1/s1. The lowest BCUT2D eigenvalue weighted by Gasteiger charge is -2.34. The average Bonchev–Trinajstić information content (AvgIpc) is 3.24. The topological polar surface area (TPSA) is 91.1 Å². The van der Waals surface area contributed by atoms with Crippen molar-refractivity contribution in [2.75, 3.05) is 33.1 Å². The highest BCUT2D eigenvalue weighted by molar-refractivity contribution is 5.84. The zero-order chi connectivity index (χ0) is 17.4. The van der Waals surface area contributed by atoms with E-state index in [9.17, 15) is 9.59 Å². The number of nitrogens with zero attached hydrogens (tertiary/aromatic N) is 1. The zero-order valence-corrected chi connectivity index (χ0v) is 14.0. The van der Waals surface area contributed by atoms with E-state index in [1.54, 1.807) is 4.90 Å². The van der Waals surface area contributed by atoms with Gasteiger partial charge >= 0.3 is 0 Å². The largest absolute Gasteiger partial charge is 0.454 e. The number of para-hydroxylation sites is 1. The molecule has 0 spiro atoms. The Labute approximate surface area is 146 Å². The molecule has 0 saturated carbocycles. The van der Waals surface area contributed by atoms with Crippen molar-refractivity contribution in [3.8, 4) is 11.5 Å².